The molecule has 0 aliphatic heterocycles. The molecule has 0 aliphatic carbocycles. The van der Waals surface area contributed by atoms with Gasteiger partial charge in [-0.2, -0.15) is 11.8 Å². The van der Waals surface area contributed by atoms with Crippen molar-refractivity contribution in [2.45, 2.75) is 32.1 Å². The topological polar surface area (TPSA) is 35.2 Å². The van der Waals surface area contributed by atoms with Gasteiger partial charge in [0.05, 0.1) is 7.11 Å². The zero-order valence-electron chi connectivity index (χ0n) is 10.5. The molecule has 1 rings (SSSR count). The van der Waals surface area contributed by atoms with E-state index in [1.165, 1.54) is 11.1 Å². The normalized spacial score (nSPS) is 12.9. The van der Waals surface area contributed by atoms with Crippen LogP contribution in [-0.2, 0) is 0 Å². The van der Waals surface area contributed by atoms with E-state index >= 15 is 0 Å². The van der Waals surface area contributed by atoms with Crippen molar-refractivity contribution in [3.63, 3.8) is 0 Å². The zero-order chi connectivity index (χ0) is 12.1. The van der Waals surface area contributed by atoms with E-state index in [1.807, 2.05) is 23.9 Å². The molecule has 0 saturated carbocycles. The number of aryl methyl sites for hydroxylation is 1. The molecule has 2 nitrogen and oxygen atoms in total. The second-order valence-corrected chi connectivity index (χ2v) is 5.82. The summed E-state index contributed by atoms with van der Waals surface area (Å²) in [7, 11) is 1.68. The van der Waals surface area contributed by atoms with Gasteiger partial charge in [0.2, 0.25) is 0 Å². The van der Waals surface area contributed by atoms with E-state index in [9.17, 15) is 0 Å². The van der Waals surface area contributed by atoms with Gasteiger partial charge in [-0.1, -0.05) is 19.9 Å². The first-order valence-electron chi connectivity index (χ1n) is 5.56. The zero-order valence-corrected chi connectivity index (χ0v) is 11.3. The van der Waals surface area contributed by atoms with Crippen molar-refractivity contribution in [3.05, 3.63) is 29.3 Å². The predicted molar refractivity (Wildman–Crippen MR) is 72.3 cm³/mol. The first kappa shape index (κ1) is 13.4. The third-order valence-electron chi connectivity index (χ3n) is 2.49. The van der Waals surface area contributed by atoms with Crippen molar-refractivity contribution >= 4 is 11.8 Å². The van der Waals surface area contributed by atoms with Crippen LogP contribution in [0.4, 0.5) is 0 Å². The van der Waals surface area contributed by atoms with Crippen molar-refractivity contribution in [2.75, 3.05) is 12.9 Å². The molecule has 1 unspecified atom stereocenters. The fourth-order valence-corrected chi connectivity index (χ4v) is 2.35. The molecule has 0 fully saturated rings. The Morgan fingerprint density at radius 3 is 2.56 bits per heavy atom. The lowest BCUT2D eigenvalue weighted by molar-refractivity contribution is 0.414. The smallest absolute Gasteiger partial charge is 0.119 e. The molecule has 0 bridgehead atoms. The number of ether oxygens (including phenoxy) is 1. The Morgan fingerprint density at radius 1 is 1.38 bits per heavy atom. The second kappa shape index (κ2) is 6.16. The minimum absolute atomic E-state index is 0.110. The van der Waals surface area contributed by atoms with Gasteiger partial charge < -0.3 is 10.5 Å². The highest BCUT2D eigenvalue weighted by atomic mass is 32.2. The van der Waals surface area contributed by atoms with Gasteiger partial charge in [0.1, 0.15) is 5.75 Å². The fourth-order valence-electron chi connectivity index (χ4n) is 1.58. The van der Waals surface area contributed by atoms with E-state index in [1.54, 1.807) is 7.11 Å². The predicted octanol–water partition coefficient (Wildman–Crippen LogP) is 3.15. The monoisotopic (exact) mass is 239 g/mol. The average molecular weight is 239 g/mol. The minimum Gasteiger partial charge on any atom is -0.497 e. The van der Waals surface area contributed by atoms with Crippen LogP contribution in [0.25, 0.3) is 0 Å². The van der Waals surface area contributed by atoms with Gasteiger partial charge in [0.15, 0.2) is 0 Å². The Balaban J connectivity index is 2.71. The van der Waals surface area contributed by atoms with Gasteiger partial charge in [-0.25, -0.2) is 0 Å². The Kier molecular flexibility index (Phi) is 5.16. The van der Waals surface area contributed by atoms with Crippen LogP contribution in [0.15, 0.2) is 18.2 Å². The molecule has 1 aromatic carbocycles. The van der Waals surface area contributed by atoms with E-state index in [0.29, 0.717) is 5.25 Å². The Hall–Kier alpha value is -0.670. The molecular weight excluding hydrogens is 218 g/mol. The van der Waals surface area contributed by atoms with Gasteiger partial charge in [-0.3, -0.25) is 0 Å². The summed E-state index contributed by atoms with van der Waals surface area (Å²) in [6.45, 7) is 6.47. The van der Waals surface area contributed by atoms with Crippen LogP contribution in [0.2, 0.25) is 0 Å². The molecular formula is C13H21NOS. The number of rotatable bonds is 5. The molecule has 1 atom stereocenters. The summed E-state index contributed by atoms with van der Waals surface area (Å²) in [4.78, 5) is 0. The molecule has 2 N–H and O–H groups in total. The van der Waals surface area contributed by atoms with E-state index < -0.39 is 0 Å². The summed E-state index contributed by atoms with van der Waals surface area (Å²) in [6, 6.07) is 6.19. The third-order valence-corrected chi connectivity index (χ3v) is 3.70. The van der Waals surface area contributed by atoms with E-state index in [2.05, 4.69) is 26.8 Å². The molecule has 0 amide bonds. The van der Waals surface area contributed by atoms with Crippen LogP contribution in [-0.4, -0.2) is 18.1 Å². The van der Waals surface area contributed by atoms with Gasteiger partial charge in [-0.15, -0.1) is 0 Å². The summed E-state index contributed by atoms with van der Waals surface area (Å²) in [5.41, 5.74) is 8.60. The molecule has 3 heteroatoms. The molecule has 0 aliphatic rings. The summed E-state index contributed by atoms with van der Waals surface area (Å²) < 4.78 is 5.18. The maximum Gasteiger partial charge on any atom is 0.119 e. The quantitative estimate of drug-likeness (QED) is 0.857. The number of thioether (sulfide) groups is 1. The summed E-state index contributed by atoms with van der Waals surface area (Å²) in [5.74, 6) is 1.86. The van der Waals surface area contributed by atoms with Crippen molar-refractivity contribution in [2.24, 2.45) is 5.73 Å². The highest BCUT2D eigenvalue weighted by Gasteiger charge is 2.10. The number of hydrogen-bond acceptors (Lipinski definition) is 3. The van der Waals surface area contributed by atoms with Crippen LogP contribution >= 0.6 is 11.8 Å². The van der Waals surface area contributed by atoms with E-state index in [-0.39, 0.29) is 6.04 Å². The standard InChI is InChI=1S/C13H21NOS/c1-9(2)16-8-13(14)12-6-5-11(15-4)7-10(12)3/h5-7,9,13H,8,14H2,1-4H3. The van der Waals surface area contributed by atoms with Gasteiger partial charge in [-0.05, 0) is 35.4 Å². The Morgan fingerprint density at radius 2 is 2.06 bits per heavy atom. The highest BCUT2D eigenvalue weighted by molar-refractivity contribution is 7.99. The Labute approximate surface area is 103 Å². The molecule has 0 aromatic heterocycles. The van der Waals surface area contributed by atoms with E-state index in [0.717, 1.165) is 11.5 Å². The van der Waals surface area contributed by atoms with Crippen LogP contribution in [0, 0.1) is 6.92 Å². The average Bonchev–Trinajstić information content (AvgIpc) is 2.25. The molecule has 0 heterocycles. The largest absolute Gasteiger partial charge is 0.497 e. The van der Waals surface area contributed by atoms with Crippen LogP contribution < -0.4 is 10.5 Å². The molecule has 0 spiro atoms. The van der Waals surface area contributed by atoms with Crippen molar-refractivity contribution in [1.29, 1.82) is 0 Å². The van der Waals surface area contributed by atoms with Crippen molar-refractivity contribution < 1.29 is 4.74 Å². The Bertz CT molecular complexity index is 339. The highest BCUT2D eigenvalue weighted by Crippen LogP contribution is 2.24. The van der Waals surface area contributed by atoms with Crippen LogP contribution in [0.1, 0.15) is 31.0 Å². The molecule has 16 heavy (non-hydrogen) atoms. The molecule has 0 radical (unpaired) electrons. The van der Waals surface area contributed by atoms with Crippen molar-refractivity contribution in [1.82, 2.24) is 0 Å². The first-order valence-corrected chi connectivity index (χ1v) is 6.61. The van der Waals surface area contributed by atoms with Crippen molar-refractivity contribution in [3.8, 4) is 5.75 Å². The lowest BCUT2D eigenvalue weighted by Gasteiger charge is -2.16. The van der Waals surface area contributed by atoms with Crippen LogP contribution in [0.5, 0.6) is 5.75 Å². The van der Waals surface area contributed by atoms with Gasteiger partial charge in [0.25, 0.3) is 0 Å². The lowest BCUT2D eigenvalue weighted by Crippen LogP contribution is -2.15. The molecule has 1 aromatic rings. The number of benzene rings is 1. The number of methoxy groups -OCH3 is 1. The van der Waals surface area contributed by atoms with E-state index in [4.69, 9.17) is 10.5 Å². The fraction of sp³-hybridized carbons (Fsp3) is 0.538. The van der Waals surface area contributed by atoms with Gasteiger partial charge in [0, 0.05) is 11.8 Å². The first-order chi connectivity index (χ1) is 7.54. The summed E-state index contributed by atoms with van der Waals surface area (Å²) >= 11 is 1.90. The lowest BCUT2D eigenvalue weighted by atomic mass is 10.0. The maximum atomic E-state index is 6.17. The summed E-state index contributed by atoms with van der Waals surface area (Å²) in [6.07, 6.45) is 0. The minimum atomic E-state index is 0.110. The maximum absolute atomic E-state index is 6.17. The van der Waals surface area contributed by atoms with Crippen LogP contribution in [0.3, 0.4) is 0 Å². The number of hydrogen-bond donors (Lipinski definition) is 1. The summed E-state index contributed by atoms with van der Waals surface area (Å²) in [5, 5.41) is 0.629. The molecule has 90 valence electrons. The number of nitrogens with two attached hydrogens (primary N) is 1. The molecule has 0 saturated heterocycles. The third kappa shape index (κ3) is 3.72. The second-order valence-electron chi connectivity index (χ2n) is 4.21. The van der Waals surface area contributed by atoms with Gasteiger partial charge >= 0.3 is 0 Å². The SMILES string of the molecule is COc1ccc(C(N)CSC(C)C)c(C)c1.